The molecular formula is C15H26O2. The largest absolute Gasteiger partial charge is 0.299 e. The summed E-state index contributed by atoms with van der Waals surface area (Å²) < 4.78 is 0. The van der Waals surface area contributed by atoms with Gasteiger partial charge < -0.3 is 0 Å². The minimum atomic E-state index is -0.408. The number of rotatable bonds is 0. The summed E-state index contributed by atoms with van der Waals surface area (Å²) in [4.78, 5) is 24.8. The Labute approximate surface area is 105 Å². The van der Waals surface area contributed by atoms with Crippen molar-refractivity contribution in [2.75, 3.05) is 0 Å². The fourth-order valence-electron chi connectivity index (χ4n) is 2.90. The zero-order valence-electron chi connectivity index (χ0n) is 12.1. The quantitative estimate of drug-likeness (QED) is 0.477. The molecule has 0 aromatic carbocycles. The molecule has 0 amide bonds. The van der Waals surface area contributed by atoms with E-state index in [0.717, 1.165) is 12.8 Å². The first-order valence-electron chi connectivity index (χ1n) is 6.61. The van der Waals surface area contributed by atoms with E-state index in [1.165, 1.54) is 0 Å². The highest BCUT2D eigenvalue weighted by Gasteiger charge is 2.45. The van der Waals surface area contributed by atoms with Gasteiger partial charge in [-0.2, -0.15) is 0 Å². The van der Waals surface area contributed by atoms with Crippen LogP contribution in [-0.4, -0.2) is 11.6 Å². The second-order valence-electron chi connectivity index (χ2n) is 7.48. The topological polar surface area (TPSA) is 34.1 Å². The number of hydrogen-bond acceptors (Lipinski definition) is 2. The van der Waals surface area contributed by atoms with Crippen LogP contribution in [0.15, 0.2) is 0 Å². The van der Waals surface area contributed by atoms with E-state index in [-0.39, 0.29) is 28.3 Å². The summed E-state index contributed by atoms with van der Waals surface area (Å²) in [7, 11) is 0. The van der Waals surface area contributed by atoms with Crippen molar-refractivity contribution in [1.29, 1.82) is 0 Å². The Balaban J connectivity index is 3.10. The number of ketones is 2. The molecule has 2 nitrogen and oxygen atoms in total. The molecule has 1 aliphatic carbocycles. The lowest BCUT2D eigenvalue weighted by atomic mass is 9.68. The molecule has 1 fully saturated rings. The molecule has 2 heteroatoms. The van der Waals surface area contributed by atoms with Crippen molar-refractivity contribution >= 4 is 11.6 Å². The first kappa shape index (κ1) is 14.4. The van der Waals surface area contributed by atoms with Gasteiger partial charge in [0.1, 0.15) is 11.6 Å². The van der Waals surface area contributed by atoms with Gasteiger partial charge in [-0.3, -0.25) is 9.59 Å². The zero-order valence-corrected chi connectivity index (χ0v) is 12.1. The van der Waals surface area contributed by atoms with Gasteiger partial charge in [0.25, 0.3) is 0 Å². The zero-order chi connectivity index (χ0) is 13.4. The monoisotopic (exact) mass is 238 g/mol. The second-order valence-corrected chi connectivity index (χ2v) is 7.48. The van der Waals surface area contributed by atoms with Gasteiger partial charge in [0.15, 0.2) is 0 Å². The van der Waals surface area contributed by atoms with E-state index in [1.54, 1.807) is 0 Å². The molecule has 0 saturated heterocycles. The highest BCUT2D eigenvalue weighted by molar-refractivity contribution is 6.05. The molecule has 1 aliphatic rings. The Kier molecular flexibility index (Phi) is 3.85. The van der Waals surface area contributed by atoms with Crippen LogP contribution in [0, 0.1) is 22.7 Å². The Morgan fingerprint density at radius 2 is 1.47 bits per heavy atom. The summed E-state index contributed by atoms with van der Waals surface area (Å²) >= 11 is 0. The number of Topliss-reactive ketones (excluding diaryl/α,β-unsaturated/α-hetero) is 2. The highest BCUT2D eigenvalue weighted by atomic mass is 16.2. The van der Waals surface area contributed by atoms with E-state index in [0.29, 0.717) is 6.42 Å². The minimum Gasteiger partial charge on any atom is -0.299 e. The van der Waals surface area contributed by atoms with Crippen LogP contribution in [0.3, 0.4) is 0 Å². The van der Waals surface area contributed by atoms with E-state index in [9.17, 15) is 9.59 Å². The second kappa shape index (κ2) is 4.55. The molecular weight excluding hydrogens is 212 g/mol. The van der Waals surface area contributed by atoms with Gasteiger partial charge in [0.2, 0.25) is 0 Å². The Bertz CT molecular complexity index is 315. The molecule has 0 bridgehead atoms. The lowest BCUT2D eigenvalue weighted by Crippen LogP contribution is -2.40. The summed E-state index contributed by atoms with van der Waals surface area (Å²) in [5.41, 5.74) is -0.285. The standard InChI is InChI=1S/C15H26O2/c1-14(2,3)10-8-7-9-11(16)12(13(10)17)15(4,5)6/h10,12H,7-9H2,1-6H3. The Morgan fingerprint density at radius 1 is 0.941 bits per heavy atom. The molecule has 0 spiro atoms. The van der Waals surface area contributed by atoms with E-state index in [2.05, 4.69) is 20.8 Å². The third-order valence-corrected chi connectivity index (χ3v) is 3.78. The smallest absolute Gasteiger partial charge is 0.147 e. The van der Waals surface area contributed by atoms with Crippen molar-refractivity contribution in [2.24, 2.45) is 22.7 Å². The third kappa shape index (κ3) is 3.17. The maximum Gasteiger partial charge on any atom is 0.147 e. The normalized spacial score (nSPS) is 28.1. The summed E-state index contributed by atoms with van der Waals surface area (Å²) in [6, 6.07) is 0. The van der Waals surface area contributed by atoms with Crippen molar-refractivity contribution in [3.05, 3.63) is 0 Å². The number of hydrogen-bond donors (Lipinski definition) is 0. The van der Waals surface area contributed by atoms with Gasteiger partial charge in [0.05, 0.1) is 5.92 Å². The van der Waals surface area contributed by atoms with Crippen molar-refractivity contribution in [3.63, 3.8) is 0 Å². The average molecular weight is 238 g/mol. The molecule has 0 radical (unpaired) electrons. The highest BCUT2D eigenvalue weighted by Crippen LogP contribution is 2.40. The molecule has 0 aromatic heterocycles. The summed E-state index contributed by atoms with van der Waals surface area (Å²) in [5, 5.41) is 0. The van der Waals surface area contributed by atoms with Crippen LogP contribution in [0.5, 0.6) is 0 Å². The summed E-state index contributed by atoms with van der Waals surface area (Å²) in [6.45, 7) is 12.3. The lowest BCUT2D eigenvalue weighted by Gasteiger charge is -2.34. The molecule has 0 N–H and O–H groups in total. The average Bonchev–Trinajstić information content (AvgIpc) is 2.20. The van der Waals surface area contributed by atoms with Crippen molar-refractivity contribution in [2.45, 2.75) is 60.8 Å². The molecule has 0 aromatic rings. The van der Waals surface area contributed by atoms with E-state index in [1.807, 2.05) is 20.8 Å². The van der Waals surface area contributed by atoms with Crippen LogP contribution < -0.4 is 0 Å². The first-order valence-corrected chi connectivity index (χ1v) is 6.61. The van der Waals surface area contributed by atoms with Crippen LogP contribution in [0.25, 0.3) is 0 Å². The molecule has 1 rings (SSSR count). The van der Waals surface area contributed by atoms with Gasteiger partial charge in [-0.05, 0) is 23.7 Å². The molecule has 0 heterocycles. The van der Waals surface area contributed by atoms with Gasteiger partial charge in [-0.1, -0.05) is 41.5 Å². The summed E-state index contributed by atoms with van der Waals surface area (Å²) in [5.74, 6) is -0.0610. The van der Waals surface area contributed by atoms with Crippen LogP contribution in [0.4, 0.5) is 0 Å². The minimum absolute atomic E-state index is 0.0261. The van der Waals surface area contributed by atoms with Gasteiger partial charge in [-0.25, -0.2) is 0 Å². The van der Waals surface area contributed by atoms with Crippen molar-refractivity contribution in [1.82, 2.24) is 0 Å². The SMILES string of the molecule is CC(C)(C)C1CCCC(=O)C(C(C)(C)C)C1=O. The van der Waals surface area contributed by atoms with E-state index < -0.39 is 5.92 Å². The number of carbonyl (C=O) groups excluding carboxylic acids is 2. The lowest BCUT2D eigenvalue weighted by molar-refractivity contribution is -0.140. The van der Waals surface area contributed by atoms with Crippen LogP contribution in [0.2, 0.25) is 0 Å². The van der Waals surface area contributed by atoms with Gasteiger partial charge in [-0.15, -0.1) is 0 Å². The fourth-order valence-corrected chi connectivity index (χ4v) is 2.90. The molecule has 0 aliphatic heterocycles. The predicted molar refractivity (Wildman–Crippen MR) is 69.8 cm³/mol. The molecule has 17 heavy (non-hydrogen) atoms. The third-order valence-electron chi connectivity index (χ3n) is 3.78. The van der Waals surface area contributed by atoms with Crippen LogP contribution in [0.1, 0.15) is 60.8 Å². The molecule has 2 atom stereocenters. The maximum absolute atomic E-state index is 12.6. The predicted octanol–water partition coefficient (Wildman–Crippen LogP) is 3.63. The Morgan fingerprint density at radius 3 is 1.88 bits per heavy atom. The van der Waals surface area contributed by atoms with Crippen LogP contribution in [-0.2, 0) is 9.59 Å². The van der Waals surface area contributed by atoms with E-state index in [4.69, 9.17) is 0 Å². The van der Waals surface area contributed by atoms with Gasteiger partial charge >= 0.3 is 0 Å². The molecule has 2 unspecified atom stereocenters. The van der Waals surface area contributed by atoms with E-state index >= 15 is 0 Å². The molecule has 98 valence electrons. The van der Waals surface area contributed by atoms with Crippen LogP contribution >= 0.6 is 0 Å². The van der Waals surface area contributed by atoms with Crippen molar-refractivity contribution in [3.8, 4) is 0 Å². The van der Waals surface area contributed by atoms with Gasteiger partial charge in [0, 0.05) is 12.3 Å². The summed E-state index contributed by atoms with van der Waals surface area (Å²) in [6.07, 6.45) is 2.29. The fraction of sp³-hybridized carbons (Fsp3) is 0.867. The Hall–Kier alpha value is -0.660. The van der Waals surface area contributed by atoms with Crippen molar-refractivity contribution < 1.29 is 9.59 Å². The first-order chi connectivity index (χ1) is 7.55. The maximum atomic E-state index is 12.6. The number of carbonyl (C=O) groups is 2. The molecule has 1 saturated carbocycles.